The van der Waals surface area contributed by atoms with Crippen molar-refractivity contribution in [2.75, 3.05) is 5.75 Å². The lowest BCUT2D eigenvalue weighted by atomic mass is 10.2. The van der Waals surface area contributed by atoms with Gasteiger partial charge in [0.05, 0.1) is 0 Å². The first-order valence-corrected chi connectivity index (χ1v) is 8.38. The Hall–Kier alpha value is -1.34. The molecule has 5 nitrogen and oxygen atoms in total. The monoisotopic (exact) mass is 311 g/mol. The fourth-order valence-electron chi connectivity index (χ4n) is 1.70. The van der Waals surface area contributed by atoms with Crippen molar-refractivity contribution in [2.45, 2.75) is 38.3 Å². The van der Waals surface area contributed by atoms with E-state index in [0.717, 1.165) is 12.2 Å². The minimum absolute atomic E-state index is 0.0320. The van der Waals surface area contributed by atoms with Crippen LogP contribution in [0.3, 0.4) is 0 Å². The number of carbonyl (C=O) groups is 1. The smallest absolute Gasteiger partial charge is 0.272 e. The van der Waals surface area contributed by atoms with Gasteiger partial charge in [0.25, 0.3) is 11.5 Å². The van der Waals surface area contributed by atoms with Crippen LogP contribution in [0.2, 0.25) is 0 Å². The van der Waals surface area contributed by atoms with Crippen LogP contribution in [0, 0.1) is 0 Å². The van der Waals surface area contributed by atoms with Crippen molar-refractivity contribution in [3.63, 3.8) is 0 Å². The van der Waals surface area contributed by atoms with Gasteiger partial charge in [0, 0.05) is 17.6 Å². The highest BCUT2D eigenvalue weighted by atomic mass is 32.2. The Morgan fingerprint density at radius 1 is 1.55 bits per heavy atom. The second-order valence-electron chi connectivity index (χ2n) is 4.37. The van der Waals surface area contributed by atoms with Gasteiger partial charge in [-0.3, -0.25) is 14.0 Å². The molecule has 2 aromatic rings. The van der Waals surface area contributed by atoms with Crippen molar-refractivity contribution >= 4 is 34.0 Å². The van der Waals surface area contributed by atoms with E-state index in [4.69, 9.17) is 0 Å². The van der Waals surface area contributed by atoms with Gasteiger partial charge in [-0.15, -0.1) is 23.1 Å². The molecular formula is C13H17N3O2S2. The van der Waals surface area contributed by atoms with Gasteiger partial charge in [0.15, 0.2) is 4.96 Å². The summed E-state index contributed by atoms with van der Waals surface area (Å²) in [6.07, 6.45) is 2.47. The van der Waals surface area contributed by atoms with Crippen molar-refractivity contribution in [3.05, 3.63) is 27.5 Å². The van der Waals surface area contributed by atoms with Crippen LogP contribution in [0.5, 0.6) is 0 Å². The molecule has 20 heavy (non-hydrogen) atoms. The highest BCUT2D eigenvalue weighted by molar-refractivity contribution is 7.99. The topological polar surface area (TPSA) is 63.5 Å². The zero-order chi connectivity index (χ0) is 14.7. The summed E-state index contributed by atoms with van der Waals surface area (Å²) in [5, 5.41) is 5.15. The standard InChI is InChI=1S/C13H17N3O2S2/c1-4-8(3)14-10(17)9-11(19-5-2)15-13-16(12(9)18)6-7-20-13/h6-8H,4-5H2,1-3H3,(H,14,17). The molecule has 1 amide bonds. The SMILES string of the molecule is CCSc1nc2sccn2c(=O)c1C(=O)NC(C)CC. The van der Waals surface area contributed by atoms with E-state index in [9.17, 15) is 9.59 Å². The van der Waals surface area contributed by atoms with E-state index < -0.39 is 0 Å². The van der Waals surface area contributed by atoms with E-state index in [1.807, 2.05) is 20.8 Å². The minimum atomic E-state index is -0.339. The third kappa shape index (κ3) is 2.88. The van der Waals surface area contributed by atoms with Crippen molar-refractivity contribution in [1.82, 2.24) is 14.7 Å². The number of rotatable bonds is 5. The van der Waals surface area contributed by atoms with Crippen LogP contribution in [0.4, 0.5) is 0 Å². The molecule has 1 unspecified atom stereocenters. The lowest BCUT2D eigenvalue weighted by molar-refractivity contribution is 0.0934. The molecule has 108 valence electrons. The van der Waals surface area contributed by atoms with Crippen LogP contribution in [0.25, 0.3) is 4.96 Å². The summed E-state index contributed by atoms with van der Waals surface area (Å²) in [4.78, 5) is 29.8. The zero-order valence-corrected chi connectivity index (χ0v) is 13.3. The predicted molar refractivity (Wildman–Crippen MR) is 83.0 cm³/mol. The molecule has 2 aromatic heterocycles. The Bertz CT molecular complexity index is 678. The fraction of sp³-hybridized carbons (Fsp3) is 0.462. The number of thioether (sulfide) groups is 1. The molecule has 0 spiro atoms. The number of amides is 1. The highest BCUT2D eigenvalue weighted by Gasteiger charge is 2.21. The molecule has 0 aliphatic carbocycles. The van der Waals surface area contributed by atoms with Gasteiger partial charge in [-0.25, -0.2) is 4.98 Å². The maximum atomic E-state index is 12.5. The van der Waals surface area contributed by atoms with Crippen LogP contribution in [-0.4, -0.2) is 27.1 Å². The molecule has 0 saturated heterocycles. The first kappa shape index (κ1) is 15.1. The number of carbonyl (C=O) groups excluding carboxylic acids is 1. The second-order valence-corrected chi connectivity index (χ2v) is 6.49. The maximum absolute atomic E-state index is 12.5. The number of hydrogen-bond donors (Lipinski definition) is 1. The molecule has 2 heterocycles. The molecule has 0 radical (unpaired) electrons. The lowest BCUT2D eigenvalue weighted by Gasteiger charge is -2.12. The average molecular weight is 311 g/mol. The number of nitrogens with zero attached hydrogens (tertiary/aromatic N) is 2. The normalized spacial score (nSPS) is 12.6. The molecule has 1 atom stereocenters. The second kappa shape index (κ2) is 6.41. The van der Waals surface area contributed by atoms with E-state index in [1.165, 1.54) is 27.5 Å². The number of fused-ring (bicyclic) bond motifs is 1. The molecule has 0 bridgehead atoms. The Kier molecular flexibility index (Phi) is 4.82. The molecule has 7 heteroatoms. The molecule has 0 aliphatic rings. The number of thiazole rings is 1. The van der Waals surface area contributed by atoms with Crippen molar-refractivity contribution < 1.29 is 4.79 Å². The maximum Gasteiger partial charge on any atom is 0.272 e. The quantitative estimate of drug-likeness (QED) is 0.680. The van der Waals surface area contributed by atoms with Crippen molar-refractivity contribution in [1.29, 1.82) is 0 Å². The summed E-state index contributed by atoms with van der Waals surface area (Å²) < 4.78 is 1.43. The molecule has 0 aromatic carbocycles. The van der Waals surface area contributed by atoms with E-state index in [1.54, 1.807) is 11.6 Å². The first-order valence-electron chi connectivity index (χ1n) is 6.52. The Morgan fingerprint density at radius 3 is 2.95 bits per heavy atom. The van der Waals surface area contributed by atoms with Gasteiger partial charge in [-0.1, -0.05) is 13.8 Å². The van der Waals surface area contributed by atoms with Gasteiger partial charge in [-0.2, -0.15) is 0 Å². The lowest BCUT2D eigenvalue weighted by Crippen LogP contribution is -2.37. The highest BCUT2D eigenvalue weighted by Crippen LogP contribution is 2.20. The van der Waals surface area contributed by atoms with E-state index >= 15 is 0 Å². The van der Waals surface area contributed by atoms with Crippen LogP contribution in [0.1, 0.15) is 37.6 Å². The summed E-state index contributed by atoms with van der Waals surface area (Å²) in [6.45, 7) is 5.87. The number of aromatic nitrogens is 2. The third-order valence-electron chi connectivity index (χ3n) is 2.93. The van der Waals surface area contributed by atoms with E-state index in [-0.39, 0.29) is 23.1 Å². The largest absolute Gasteiger partial charge is 0.349 e. The van der Waals surface area contributed by atoms with Crippen molar-refractivity contribution in [2.24, 2.45) is 0 Å². The molecule has 0 saturated carbocycles. The Labute approximate surface area is 125 Å². The average Bonchev–Trinajstić information content (AvgIpc) is 2.87. The Balaban J connectivity index is 2.53. The third-order valence-corrected chi connectivity index (χ3v) is 4.55. The molecule has 0 fully saturated rings. The van der Waals surface area contributed by atoms with Crippen molar-refractivity contribution in [3.8, 4) is 0 Å². The van der Waals surface area contributed by atoms with Crippen LogP contribution >= 0.6 is 23.1 Å². The van der Waals surface area contributed by atoms with Gasteiger partial charge in [0.1, 0.15) is 10.6 Å². The van der Waals surface area contributed by atoms with Gasteiger partial charge >= 0.3 is 0 Å². The molecule has 2 rings (SSSR count). The van der Waals surface area contributed by atoms with Gasteiger partial charge < -0.3 is 5.32 Å². The van der Waals surface area contributed by atoms with E-state index in [2.05, 4.69) is 10.3 Å². The number of nitrogens with one attached hydrogen (secondary N) is 1. The first-order chi connectivity index (χ1) is 9.58. The summed E-state index contributed by atoms with van der Waals surface area (Å²) in [5.74, 6) is 0.422. The zero-order valence-electron chi connectivity index (χ0n) is 11.7. The molecular weight excluding hydrogens is 294 g/mol. The van der Waals surface area contributed by atoms with Crippen LogP contribution < -0.4 is 10.9 Å². The summed E-state index contributed by atoms with van der Waals surface area (Å²) in [6, 6.07) is 0.0320. The molecule has 0 aliphatic heterocycles. The molecule has 1 N–H and O–H groups in total. The number of hydrogen-bond acceptors (Lipinski definition) is 5. The van der Waals surface area contributed by atoms with E-state index in [0.29, 0.717) is 9.99 Å². The predicted octanol–water partition coefficient (Wildman–Crippen LogP) is 2.40. The summed E-state index contributed by atoms with van der Waals surface area (Å²) >= 11 is 2.81. The van der Waals surface area contributed by atoms with Gasteiger partial charge in [-0.05, 0) is 19.1 Å². The van der Waals surface area contributed by atoms with Crippen LogP contribution in [0.15, 0.2) is 21.4 Å². The van der Waals surface area contributed by atoms with Crippen LogP contribution in [-0.2, 0) is 0 Å². The minimum Gasteiger partial charge on any atom is -0.349 e. The summed E-state index contributed by atoms with van der Waals surface area (Å²) in [5.41, 5.74) is -0.152. The fourth-order valence-corrected chi connectivity index (χ4v) is 3.21. The Morgan fingerprint density at radius 2 is 2.30 bits per heavy atom. The summed E-state index contributed by atoms with van der Waals surface area (Å²) in [7, 11) is 0. The van der Waals surface area contributed by atoms with Gasteiger partial charge in [0.2, 0.25) is 0 Å².